The van der Waals surface area contributed by atoms with Gasteiger partial charge in [0.05, 0.1) is 0 Å². The van der Waals surface area contributed by atoms with Gasteiger partial charge < -0.3 is 9.64 Å². The van der Waals surface area contributed by atoms with Gasteiger partial charge in [0.1, 0.15) is 0 Å². The smallest absolute Gasteiger partial charge is 0.0480 e. The van der Waals surface area contributed by atoms with Crippen LogP contribution < -0.4 is 0 Å². The second kappa shape index (κ2) is 7.59. The summed E-state index contributed by atoms with van der Waals surface area (Å²) in [4.78, 5) is 5.26. The maximum absolute atomic E-state index is 5.93. The summed E-state index contributed by atoms with van der Waals surface area (Å²) in [5.41, 5.74) is 1.38. The molecule has 1 aromatic carbocycles. The molecule has 2 saturated heterocycles. The maximum atomic E-state index is 5.93. The van der Waals surface area contributed by atoms with Crippen LogP contribution in [-0.2, 0) is 11.2 Å². The Bertz CT molecular complexity index is 423. The first-order chi connectivity index (χ1) is 10.3. The van der Waals surface area contributed by atoms with Gasteiger partial charge in [-0.3, -0.25) is 4.90 Å². The number of nitrogens with zero attached hydrogens (tertiary/aromatic N) is 2. The molecule has 0 N–H and O–H groups in total. The zero-order valence-corrected chi connectivity index (χ0v) is 13.4. The average molecular weight is 309 g/mol. The molecule has 0 amide bonds. The van der Waals surface area contributed by atoms with Gasteiger partial charge in [-0.25, -0.2) is 0 Å². The molecule has 0 radical (unpaired) electrons. The van der Waals surface area contributed by atoms with Gasteiger partial charge in [-0.1, -0.05) is 23.7 Å². The van der Waals surface area contributed by atoms with E-state index in [1.54, 1.807) is 0 Å². The van der Waals surface area contributed by atoms with Gasteiger partial charge in [-0.15, -0.1) is 0 Å². The summed E-state index contributed by atoms with van der Waals surface area (Å²) in [6, 6.07) is 9.01. The van der Waals surface area contributed by atoms with Crippen LogP contribution in [0.5, 0.6) is 0 Å². The van der Waals surface area contributed by atoms with Gasteiger partial charge in [0, 0.05) is 57.0 Å². The van der Waals surface area contributed by atoms with E-state index in [2.05, 4.69) is 21.9 Å². The molecule has 21 heavy (non-hydrogen) atoms. The van der Waals surface area contributed by atoms with Crippen molar-refractivity contribution in [1.29, 1.82) is 0 Å². The molecular weight excluding hydrogens is 284 g/mol. The Balaban J connectivity index is 1.40. The van der Waals surface area contributed by atoms with Gasteiger partial charge in [0.2, 0.25) is 0 Å². The summed E-state index contributed by atoms with van der Waals surface area (Å²) in [7, 11) is 0. The quantitative estimate of drug-likeness (QED) is 0.850. The zero-order chi connectivity index (χ0) is 14.5. The lowest BCUT2D eigenvalue weighted by Crippen LogP contribution is -2.51. The van der Waals surface area contributed by atoms with Crippen LogP contribution in [0.15, 0.2) is 24.3 Å². The molecule has 0 aromatic heterocycles. The highest BCUT2D eigenvalue weighted by molar-refractivity contribution is 6.30. The van der Waals surface area contributed by atoms with Crippen LogP contribution >= 0.6 is 11.6 Å². The maximum Gasteiger partial charge on any atom is 0.0480 e. The molecule has 4 heteroatoms. The highest BCUT2D eigenvalue weighted by atomic mass is 35.5. The molecule has 2 aliphatic heterocycles. The van der Waals surface area contributed by atoms with E-state index in [-0.39, 0.29) is 0 Å². The number of hydrogen-bond acceptors (Lipinski definition) is 3. The lowest BCUT2D eigenvalue weighted by Gasteiger charge is -2.40. The van der Waals surface area contributed by atoms with Crippen LogP contribution in [0, 0.1) is 0 Å². The molecule has 1 aromatic rings. The van der Waals surface area contributed by atoms with E-state index >= 15 is 0 Å². The number of rotatable bonds is 4. The average Bonchev–Trinajstić information content (AvgIpc) is 2.56. The molecule has 2 aliphatic rings. The SMILES string of the molecule is Clc1ccc(CCN2CCN(C3CCOCC3)CC2)cc1. The van der Waals surface area contributed by atoms with E-state index in [4.69, 9.17) is 16.3 Å². The standard InChI is InChI=1S/C17H25ClN2O/c18-16-3-1-15(2-4-16)5-8-19-9-11-20(12-10-19)17-6-13-21-14-7-17/h1-4,17H,5-14H2. The van der Waals surface area contributed by atoms with Gasteiger partial charge in [0.25, 0.3) is 0 Å². The Morgan fingerprint density at radius 2 is 1.67 bits per heavy atom. The monoisotopic (exact) mass is 308 g/mol. The van der Waals surface area contributed by atoms with Crippen LogP contribution in [0.4, 0.5) is 0 Å². The third-order valence-corrected chi connectivity index (χ3v) is 5.00. The van der Waals surface area contributed by atoms with Crippen molar-refractivity contribution < 1.29 is 4.74 Å². The van der Waals surface area contributed by atoms with Crippen molar-refractivity contribution in [1.82, 2.24) is 9.80 Å². The number of halogens is 1. The number of piperazine rings is 1. The first-order valence-corrected chi connectivity index (χ1v) is 8.48. The third-order valence-electron chi connectivity index (χ3n) is 4.74. The van der Waals surface area contributed by atoms with Gasteiger partial charge >= 0.3 is 0 Å². The number of ether oxygens (including phenoxy) is 1. The largest absolute Gasteiger partial charge is 0.381 e. The Morgan fingerprint density at radius 3 is 2.33 bits per heavy atom. The molecule has 2 fully saturated rings. The van der Waals surface area contributed by atoms with Crippen LogP contribution in [-0.4, -0.2) is 61.8 Å². The van der Waals surface area contributed by atoms with Gasteiger partial charge in [0.15, 0.2) is 0 Å². The van der Waals surface area contributed by atoms with Crippen LogP contribution in [0.1, 0.15) is 18.4 Å². The topological polar surface area (TPSA) is 15.7 Å². The summed E-state index contributed by atoms with van der Waals surface area (Å²) in [6.45, 7) is 7.87. The molecule has 0 atom stereocenters. The van der Waals surface area contributed by atoms with Crippen molar-refractivity contribution in [2.24, 2.45) is 0 Å². The fourth-order valence-electron chi connectivity index (χ4n) is 3.34. The minimum Gasteiger partial charge on any atom is -0.381 e. The van der Waals surface area contributed by atoms with Crippen LogP contribution in [0.3, 0.4) is 0 Å². The molecule has 0 spiro atoms. The van der Waals surface area contributed by atoms with Crippen molar-refractivity contribution in [2.75, 3.05) is 45.9 Å². The summed E-state index contributed by atoms with van der Waals surface area (Å²) in [5, 5.41) is 0.823. The Labute approximate surface area is 132 Å². The summed E-state index contributed by atoms with van der Waals surface area (Å²) in [6.07, 6.45) is 3.55. The first kappa shape index (κ1) is 15.3. The molecule has 0 aliphatic carbocycles. The van der Waals surface area contributed by atoms with Gasteiger partial charge in [-0.05, 0) is 37.0 Å². The number of benzene rings is 1. The summed E-state index contributed by atoms with van der Waals surface area (Å²) >= 11 is 5.93. The summed E-state index contributed by atoms with van der Waals surface area (Å²) in [5.74, 6) is 0. The van der Waals surface area contributed by atoms with Gasteiger partial charge in [-0.2, -0.15) is 0 Å². The Morgan fingerprint density at radius 1 is 1.00 bits per heavy atom. The van der Waals surface area contributed by atoms with Crippen molar-refractivity contribution in [3.63, 3.8) is 0 Å². The molecule has 3 nitrogen and oxygen atoms in total. The minimum atomic E-state index is 0.761. The fraction of sp³-hybridized carbons (Fsp3) is 0.647. The Kier molecular flexibility index (Phi) is 5.53. The van der Waals surface area contributed by atoms with E-state index < -0.39 is 0 Å². The molecule has 2 heterocycles. The minimum absolute atomic E-state index is 0.761. The highest BCUT2D eigenvalue weighted by Crippen LogP contribution is 2.17. The van der Waals surface area contributed by atoms with E-state index in [1.807, 2.05) is 12.1 Å². The molecule has 3 rings (SSSR count). The van der Waals surface area contributed by atoms with E-state index in [0.29, 0.717) is 0 Å². The second-order valence-corrected chi connectivity index (χ2v) is 6.53. The predicted octanol–water partition coefficient (Wildman–Crippen LogP) is 2.68. The van der Waals surface area contributed by atoms with E-state index in [9.17, 15) is 0 Å². The lowest BCUT2D eigenvalue weighted by atomic mass is 10.1. The first-order valence-electron chi connectivity index (χ1n) is 8.10. The molecule has 0 bridgehead atoms. The van der Waals surface area contributed by atoms with Crippen LogP contribution in [0.25, 0.3) is 0 Å². The Hall–Kier alpha value is -0.610. The van der Waals surface area contributed by atoms with E-state index in [0.717, 1.165) is 37.2 Å². The van der Waals surface area contributed by atoms with E-state index in [1.165, 1.54) is 44.6 Å². The molecular formula is C17H25ClN2O. The second-order valence-electron chi connectivity index (χ2n) is 6.10. The molecule has 0 saturated carbocycles. The fourth-order valence-corrected chi connectivity index (χ4v) is 3.47. The van der Waals surface area contributed by atoms with Crippen molar-refractivity contribution >= 4 is 11.6 Å². The normalized spacial score (nSPS) is 22.5. The summed E-state index contributed by atoms with van der Waals surface area (Å²) < 4.78 is 5.46. The molecule has 0 unspecified atom stereocenters. The third kappa shape index (κ3) is 4.43. The number of hydrogen-bond donors (Lipinski definition) is 0. The van der Waals surface area contributed by atoms with Crippen LogP contribution in [0.2, 0.25) is 5.02 Å². The lowest BCUT2D eigenvalue weighted by molar-refractivity contribution is 0.0140. The zero-order valence-electron chi connectivity index (χ0n) is 12.6. The van der Waals surface area contributed by atoms with Crippen molar-refractivity contribution in [3.05, 3.63) is 34.9 Å². The highest BCUT2D eigenvalue weighted by Gasteiger charge is 2.25. The van der Waals surface area contributed by atoms with Crippen molar-refractivity contribution in [3.8, 4) is 0 Å². The molecule has 116 valence electrons. The van der Waals surface area contributed by atoms with Crippen molar-refractivity contribution in [2.45, 2.75) is 25.3 Å². The predicted molar refractivity (Wildman–Crippen MR) is 87.0 cm³/mol.